The van der Waals surface area contributed by atoms with Crippen LogP contribution in [0.1, 0.15) is 37.9 Å². The molecule has 0 spiro atoms. The standard InChI is InChI=1S/C16H20N4O2/c1-11-9-15(20-22-11)19-14-8-7-13(10-17-14)18-16(21)12-5-3-2-4-6-12/h7-10,12H,2-6H2,1H3,(H,18,21)(H,17,19,20). The minimum absolute atomic E-state index is 0.106. The van der Waals surface area contributed by atoms with E-state index >= 15 is 0 Å². The second-order valence-electron chi connectivity index (χ2n) is 5.70. The number of aromatic nitrogens is 2. The Bertz CT molecular complexity index is 630. The number of hydrogen-bond donors (Lipinski definition) is 2. The summed E-state index contributed by atoms with van der Waals surface area (Å²) in [5.41, 5.74) is 0.720. The summed E-state index contributed by atoms with van der Waals surface area (Å²) in [5, 5.41) is 9.83. The van der Waals surface area contributed by atoms with Crippen molar-refractivity contribution in [1.29, 1.82) is 0 Å². The molecule has 2 aromatic heterocycles. The molecule has 2 heterocycles. The van der Waals surface area contributed by atoms with Crippen LogP contribution in [0.25, 0.3) is 0 Å². The van der Waals surface area contributed by atoms with Crippen molar-refractivity contribution in [2.75, 3.05) is 10.6 Å². The van der Waals surface area contributed by atoms with E-state index in [-0.39, 0.29) is 11.8 Å². The molecule has 0 bridgehead atoms. The highest BCUT2D eigenvalue weighted by atomic mass is 16.5. The Morgan fingerprint density at radius 1 is 1.23 bits per heavy atom. The first kappa shape index (κ1) is 14.6. The second-order valence-corrected chi connectivity index (χ2v) is 5.70. The molecule has 0 unspecified atom stereocenters. The van der Waals surface area contributed by atoms with E-state index in [1.54, 1.807) is 18.3 Å². The molecule has 6 nitrogen and oxygen atoms in total. The van der Waals surface area contributed by atoms with Crippen LogP contribution in [-0.2, 0) is 4.79 Å². The van der Waals surface area contributed by atoms with E-state index in [4.69, 9.17) is 4.52 Å². The number of nitrogens with one attached hydrogen (secondary N) is 2. The average Bonchev–Trinajstić information content (AvgIpc) is 2.95. The summed E-state index contributed by atoms with van der Waals surface area (Å²) in [5.74, 6) is 2.26. The van der Waals surface area contributed by atoms with Gasteiger partial charge in [0.1, 0.15) is 11.6 Å². The summed E-state index contributed by atoms with van der Waals surface area (Å²) >= 11 is 0. The van der Waals surface area contributed by atoms with Crippen LogP contribution in [0.3, 0.4) is 0 Å². The van der Waals surface area contributed by atoms with Gasteiger partial charge in [-0.3, -0.25) is 4.79 Å². The third-order valence-electron chi connectivity index (χ3n) is 3.89. The van der Waals surface area contributed by atoms with Crippen LogP contribution in [0.15, 0.2) is 28.9 Å². The average molecular weight is 300 g/mol. The van der Waals surface area contributed by atoms with E-state index in [1.807, 2.05) is 13.0 Å². The minimum Gasteiger partial charge on any atom is -0.360 e. The summed E-state index contributed by atoms with van der Waals surface area (Å²) in [6.45, 7) is 1.83. The van der Waals surface area contributed by atoms with Crippen LogP contribution in [0.4, 0.5) is 17.3 Å². The first-order valence-corrected chi connectivity index (χ1v) is 7.68. The fourth-order valence-electron chi connectivity index (χ4n) is 2.71. The van der Waals surface area contributed by atoms with Crippen molar-refractivity contribution in [1.82, 2.24) is 10.1 Å². The van der Waals surface area contributed by atoms with Crippen LogP contribution in [0.2, 0.25) is 0 Å². The fraction of sp³-hybridized carbons (Fsp3) is 0.438. The largest absolute Gasteiger partial charge is 0.360 e. The van der Waals surface area contributed by atoms with Gasteiger partial charge in [0, 0.05) is 12.0 Å². The smallest absolute Gasteiger partial charge is 0.227 e. The Kier molecular flexibility index (Phi) is 4.37. The molecule has 22 heavy (non-hydrogen) atoms. The van der Waals surface area contributed by atoms with E-state index < -0.39 is 0 Å². The molecule has 1 aliphatic rings. The third kappa shape index (κ3) is 3.63. The summed E-state index contributed by atoms with van der Waals surface area (Å²) < 4.78 is 4.98. The van der Waals surface area contributed by atoms with Gasteiger partial charge in [0.25, 0.3) is 0 Å². The molecule has 0 atom stereocenters. The fourth-order valence-corrected chi connectivity index (χ4v) is 2.71. The molecule has 0 aliphatic heterocycles. The monoisotopic (exact) mass is 300 g/mol. The molecule has 3 rings (SSSR count). The molecule has 0 saturated heterocycles. The number of amides is 1. The second kappa shape index (κ2) is 6.60. The molecule has 116 valence electrons. The predicted octanol–water partition coefficient (Wildman–Crippen LogP) is 3.64. The van der Waals surface area contributed by atoms with Gasteiger partial charge in [-0.25, -0.2) is 4.98 Å². The van der Waals surface area contributed by atoms with Gasteiger partial charge in [0.15, 0.2) is 5.82 Å². The minimum atomic E-state index is 0.106. The van der Waals surface area contributed by atoms with Crippen molar-refractivity contribution in [2.45, 2.75) is 39.0 Å². The first-order valence-electron chi connectivity index (χ1n) is 7.68. The summed E-state index contributed by atoms with van der Waals surface area (Å²) in [7, 11) is 0. The third-order valence-corrected chi connectivity index (χ3v) is 3.89. The number of aryl methyl sites for hydroxylation is 1. The van der Waals surface area contributed by atoms with Gasteiger partial charge in [-0.1, -0.05) is 24.4 Å². The van der Waals surface area contributed by atoms with Gasteiger partial charge in [-0.2, -0.15) is 0 Å². The lowest BCUT2D eigenvalue weighted by Gasteiger charge is -2.20. The van der Waals surface area contributed by atoms with Gasteiger partial charge < -0.3 is 15.2 Å². The van der Waals surface area contributed by atoms with E-state index in [0.29, 0.717) is 11.6 Å². The van der Waals surface area contributed by atoms with Crippen LogP contribution >= 0.6 is 0 Å². The lowest BCUT2D eigenvalue weighted by atomic mass is 9.88. The molecular weight excluding hydrogens is 280 g/mol. The summed E-state index contributed by atoms with van der Waals surface area (Å²) in [6.07, 6.45) is 7.17. The van der Waals surface area contributed by atoms with Crippen molar-refractivity contribution >= 4 is 23.2 Å². The SMILES string of the molecule is Cc1cc(Nc2ccc(NC(=O)C3CCCCC3)cn2)no1. The summed E-state index contributed by atoms with van der Waals surface area (Å²) in [4.78, 5) is 16.4. The Labute approximate surface area is 129 Å². The van der Waals surface area contributed by atoms with Gasteiger partial charge in [0.2, 0.25) is 5.91 Å². The van der Waals surface area contributed by atoms with Gasteiger partial charge in [0.05, 0.1) is 11.9 Å². The molecule has 1 amide bonds. The predicted molar refractivity (Wildman–Crippen MR) is 84.0 cm³/mol. The van der Waals surface area contributed by atoms with Crippen LogP contribution in [0.5, 0.6) is 0 Å². The zero-order chi connectivity index (χ0) is 15.4. The van der Waals surface area contributed by atoms with E-state index in [1.165, 1.54) is 6.42 Å². The Morgan fingerprint density at radius 3 is 2.68 bits per heavy atom. The van der Waals surface area contributed by atoms with E-state index in [9.17, 15) is 4.79 Å². The molecule has 1 saturated carbocycles. The van der Waals surface area contributed by atoms with Crippen LogP contribution in [-0.4, -0.2) is 16.0 Å². The zero-order valence-corrected chi connectivity index (χ0v) is 12.6. The van der Waals surface area contributed by atoms with Crippen molar-refractivity contribution in [3.05, 3.63) is 30.2 Å². The van der Waals surface area contributed by atoms with Crippen molar-refractivity contribution < 1.29 is 9.32 Å². The Hall–Kier alpha value is -2.37. The summed E-state index contributed by atoms with van der Waals surface area (Å²) in [6, 6.07) is 5.43. The van der Waals surface area contributed by atoms with E-state index in [0.717, 1.165) is 37.1 Å². The highest BCUT2D eigenvalue weighted by Crippen LogP contribution is 2.25. The Balaban J connectivity index is 1.57. The number of pyridine rings is 1. The number of carbonyl (C=O) groups excluding carboxylic acids is 1. The lowest BCUT2D eigenvalue weighted by Crippen LogP contribution is -2.24. The highest BCUT2D eigenvalue weighted by Gasteiger charge is 2.21. The number of anilines is 3. The maximum Gasteiger partial charge on any atom is 0.227 e. The maximum absolute atomic E-state index is 12.2. The van der Waals surface area contributed by atoms with Gasteiger partial charge in [-0.05, 0) is 31.9 Å². The molecule has 0 aromatic carbocycles. The van der Waals surface area contributed by atoms with Gasteiger partial charge in [-0.15, -0.1) is 0 Å². The van der Waals surface area contributed by atoms with E-state index in [2.05, 4.69) is 20.8 Å². The molecule has 0 radical (unpaired) electrons. The molecule has 1 aliphatic carbocycles. The quantitative estimate of drug-likeness (QED) is 0.901. The number of carbonyl (C=O) groups is 1. The van der Waals surface area contributed by atoms with Gasteiger partial charge >= 0.3 is 0 Å². The van der Waals surface area contributed by atoms with Crippen molar-refractivity contribution in [3.8, 4) is 0 Å². The molecule has 2 aromatic rings. The highest BCUT2D eigenvalue weighted by molar-refractivity contribution is 5.92. The molecular formula is C16H20N4O2. The lowest BCUT2D eigenvalue weighted by molar-refractivity contribution is -0.120. The zero-order valence-electron chi connectivity index (χ0n) is 12.6. The van der Waals surface area contributed by atoms with Crippen molar-refractivity contribution in [2.24, 2.45) is 5.92 Å². The number of rotatable bonds is 4. The van der Waals surface area contributed by atoms with Crippen molar-refractivity contribution in [3.63, 3.8) is 0 Å². The maximum atomic E-state index is 12.2. The normalized spacial score (nSPS) is 15.5. The van der Waals surface area contributed by atoms with Crippen LogP contribution in [0, 0.1) is 12.8 Å². The Morgan fingerprint density at radius 2 is 2.05 bits per heavy atom. The molecule has 2 N–H and O–H groups in total. The first-order chi connectivity index (χ1) is 10.7. The van der Waals surface area contributed by atoms with Crippen LogP contribution < -0.4 is 10.6 Å². The molecule has 6 heteroatoms. The number of hydrogen-bond acceptors (Lipinski definition) is 5. The number of nitrogens with zero attached hydrogens (tertiary/aromatic N) is 2. The molecule has 1 fully saturated rings. The topological polar surface area (TPSA) is 80.0 Å².